The maximum Gasteiger partial charge on any atom is 0.355 e. The van der Waals surface area contributed by atoms with E-state index in [2.05, 4.69) is 10.5 Å². The molecule has 0 bridgehead atoms. The first-order chi connectivity index (χ1) is 16.5. The molecule has 9 heteroatoms. The van der Waals surface area contributed by atoms with Gasteiger partial charge in [-0.25, -0.2) is 10.2 Å². The molecule has 34 heavy (non-hydrogen) atoms. The van der Waals surface area contributed by atoms with Gasteiger partial charge in [-0.3, -0.25) is 4.79 Å². The number of fused-ring (bicyclic) bond motifs is 2. The number of hydrazone groups is 1. The van der Waals surface area contributed by atoms with Crippen molar-refractivity contribution in [3.8, 4) is 5.75 Å². The second kappa shape index (κ2) is 9.56. The number of rotatable bonds is 5. The number of ether oxygens (including phenoxy) is 1. The SMILES string of the molecule is O=C(NN=Cc1ccc(OC(=O)c2sc3ccccc3c2Cl)cc1)c1sc2ccccc2c1Cl. The maximum absolute atomic E-state index is 12.6. The molecule has 0 saturated heterocycles. The van der Waals surface area contributed by atoms with Crippen LogP contribution in [0.2, 0.25) is 10.0 Å². The van der Waals surface area contributed by atoms with Gasteiger partial charge >= 0.3 is 5.97 Å². The zero-order valence-electron chi connectivity index (χ0n) is 17.2. The molecule has 1 amide bonds. The number of esters is 1. The summed E-state index contributed by atoms with van der Waals surface area (Å²) in [6.45, 7) is 0. The maximum atomic E-state index is 12.6. The summed E-state index contributed by atoms with van der Waals surface area (Å²) in [5, 5.41) is 6.47. The Labute approximate surface area is 212 Å². The molecule has 0 aliphatic heterocycles. The summed E-state index contributed by atoms with van der Waals surface area (Å²) in [5.74, 6) is -0.523. The van der Waals surface area contributed by atoms with Crippen molar-refractivity contribution in [3.05, 3.63) is 98.2 Å². The molecule has 5 aromatic rings. The van der Waals surface area contributed by atoms with Gasteiger partial charge in [0.1, 0.15) is 15.5 Å². The second-order valence-electron chi connectivity index (χ2n) is 7.14. The molecular formula is C25H14Cl2N2O3S2. The van der Waals surface area contributed by atoms with Crippen LogP contribution in [-0.4, -0.2) is 18.1 Å². The normalized spacial score (nSPS) is 11.4. The number of nitrogens with one attached hydrogen (secondary N) is 1. The smallest absolute Gasteiger partial charge is 0.355 e. The number of hydrogen-bond donors (Lipinski definition) is 1. The quantitative estimate of drug-likeness (QED) is 0.113. The number of thiophene rings is 2. The minimum Gasteiger partial charge on any atom is -0.422 e. The number of hydrogen-bond acceptors (Lipinski definition) is 6. The Morgan fingerprint density at radius 1 is 0.794 bits per heavy atom. The molecule has 0 saturated carbocycles. The van der Waals surface area contributed by atoms with Gasteiger partial charge in [-0.05, 0) is 42.0 Å². The van der Waals surface area contributed by atoms with E-state index in [1.807, 2.05) is 48.5 Å². The summed E-state index contributed by atoms with van der Waals surface area (Å²) in [7, 11) is 0. The number of nitrogens with zero attached hydrogens (tertiary/aromatic N) is 1. The zero-order chi connectivity index (χ0) is 23.7. The van der Waals surface area contributed by atoms with E-state index in [-0.39, 0.29) is 5.91 Å². The summed E-state index contributed by atoms with van der Waals surface area (Å²) in [4.78, 5) is 25.8. The highest BCUT2D eigenvalue weighted by Gasteiger charge is 2.19. The molecule has 0 fully saturated rings. The van der Waals surface area contributed by atoms with Gasteiger partial charge in [0.25, 0.3) is 5.91 Å². The van der Waals surface area contributed by atoms with Gasteiger partial charge in [0.05, 0.1) is 16.3 Å². The van der Waals surface area contributed by atoms with Crippen LogP contribution in [0.4, 0.5) is 0 Å². The summed E-state index contributed by atoms with van der Waals surface area (Å²) >= 11 is 15.3. The van der Waals surface area contributed by atoms with E-state index in [0.29, 0.717) is 31.1 Å². The molecule has 3 aromatic carbocycles. The first-order valence-electron chi connectivity index (χ1n) is 10.0. The van der Waals surface area contributed by atoms with E-state index in [1.165, 1.54) is 28.9 Å². The predicted octanol–water partition coefficient (Wildman–Crippen LogP) is 7.41. The fourth-order valence-electron chi connectivity index (χ4n) is 3.30. The van der Waals surface area contributed by atoms with E-state index in [1.54, 1.807) is 24.3 Å². The molecular weight excluding hydrogens is 511 g/mol. The van der Waals surface area contributed by atoms with Crippen LogP contribution in [0.15, 0.2) is 77.9 Å². The third-order valence-corrected chi connectivity index (χ3v) is 8.26. The highest BCUT2D eigenvalue weighted by Crippen LogP contribution is 2.36. The topological polar surface area (TPSA) is 67.8 Å². The van der Waals surface area contributed by atoms with Gasteiger partial charge < -0.3 is 4.74 Å². The molecule has 0 radical (unpaired) electrons. The van der Waals surface area contributed by atoms with Crippen molar-refractivity contribution >= 4 is 84.1 Å². The molecule has 0 unspecified atom stereocenters. The van der Waals surface area contributed by atoms with Crippen LogP contribution in [0, 0.1) is 0 Å². The second-order valence-corrected chi connectivity index (χ2v) is 10.0. The van der Waals surface area contributed by atoms with Crippen molar-refractivity contribution in [1.29, 1.82) is 0 Å². The number of amides is 1. The van der Waals surface area contributed by atoms with Crippen molar-refractivity contribution in [2.24, 2.45) is 5.10 Å². The Hall–Kier alpha value is -3.23. The van der Waals surface area contributed by atoms with Crippen molar-refractivity contribution in [3.63, 3.8) is 0 Å². The molecule has 0 aliphatic rings. The lowest BCUT2D eigenvalue weighted by atomic mass is 10.2. The molecule has 5 rings (SSSR count). The van der Waals surface area contributed by atoms with Crippen LogP contribution in [0.3, 0.4) is 0 Å². The van der Waals surface area contributed by atoms with Gasteiger partial charge in [-0.2, -0.15) is 5.10 Å². The minimum atomic E-state index is -0.514. The molecule has 2 aromatic heterocycles. The summed E-state index contributed by atoms with van der Waals surface area (Å²) in [6.07, 6.45) is 1.49. The van der Waals surface area contributed by atoms with Crippen LogP contribution in [0.25, 0.3) is 20.2 Å². The monoisotopic (exact) mass is 524 g/mol. The molecule has 1 N–H and O–H groups in total. The van der Waals surface area contributed by atoms with Crippen LogP contribution >= 0.6 is 45.9 Å². The third kappa shape index (κ3) is 4.43. The van der Waals surface area contributed by atoms with Gasteiger partial charge in [0, 0.05) is 20.2 Å². The largest absolute Gasteiger partial charge is 0.422 e. The summed E-state index contributed by atoms with van der Waals surface area (Å²) in [6, 6.07) is 21.8. The number of halogens is 2. The van der Waals surface area contributed by atoms with Crippen LogP contribution < -0.4 is 10.2 Å². The number of carbonyl (C=O) groups is 2. The molecule has 0 aliphatic carbocycles. The Morgan fingerprint density at radius 2 is 1.35 bits per heavy atom. The fraction of sp³-hybridized carbons (Fsp3) is 0. The Morgan fingerprint density at radius 3 is 1.97 bits per heavy atom. The average Bonchev–Trinajstić information content (AvgIpc) is 3.37. The molecule has 0 atom stereocenters. The third-order valence-electron chi connectivity index (χ3n) is 4.93. The lowest BCUT2D eigenvalue weighted by Crippen LogP contribution is -2.16. The first-order valence-corrected chi connectivity index (χ1v) is 12.4. The number of benzene rings is 3. The van der Waals surface area contributed by atoms with Crippen molar-refractivity contribution in [2.45, 2.75) is 0 Å². The highest BCUT2D eigenvalue weighted by molar-refractivity contribution is 7.22. The van der Waals surface area contributed by atoms with Gasteiger partial charge in [0.2, 0.25) is 0 Å². The van der Waals surface area contributed by atoms with Crippen molar-refractivity contribution in [1.82, 2.24) is 5.43 Å². The van der Waals surface area contributed by atoms with E-state index in [4.69, 9.17) is 27.9 Å². The van der Waals surface area contributed by atoms with Crippen molar-refractivity contribution in [2.75, 3.05) is 0 Å². The molecule has 2 heterocycles. The Balaban J connectivity index is 1.23. The summed E-state index contributed by atoms with van der Waals surface area (Å²) in [5.41, 5.74) is 3.20. The average molecular weight is 525 g/mol. The first kappa shape index (κ1) is 22.6. The Bertz CT molecular complexity index is 1570. The van der Waals surface area contributed by atoms with Gasteiger partial charge in [-0.15, -0.1) is 22.7 Å². The standard InChI is InChI=1S/C25H14Cl2N2O3S2/c26-20-16-5-1-3-7-18(16)33-22(20)24(30)29-28-13-14-9-11-15(12-10-14)32-25(31)23-21(27)17-6-2-4-8-19(17)34-23/h1-13H,(H,29,30). The minimum absolute atomic E-state index is 0.358. The Kier molecular flexibility index (Phi) is 6.34. The van der Waals surface area contributed by atoms with Crippen LogP contribution in [0.5, 0.6) is 5.75 Å². The fourth-order valence-corrected chi connectivity index (χ4v) is 6.09. The molecule has 0 spiro atoms. The van der Waals surface area contributed by atoms with Crippen LogP contribution in [-0.2, 0) is 0 Å². The molecule has 168 valence electrons. The van der Waals surface area contributed by atoms with E-state index in [9.17, 15) is 9.59 Å². The lowest BCUT2D eigenvalue weighted by Gasteiger charge is -2.03. The predicted molar refractivity (Wildman–Crippen MR) is 140 cm³/mol. The highest BCUT2D eigenvalue weighted by atomic mass is 35.5. The molecule has 5 nitrogen and oxygen atoms in total. The van der Waals surface area contributed by atoms with E-state index >= 15 is 0 Å². The van der Waals surface area contributed by atoms with Gasteiger partial charge in [0.15, 0.2) is 0 Å². The van der Waals surface area contributed by atoms with E-state index < -0.39 is 5.97 Å². The zero-order valence-corrected chi connectivity index (χ0v) is 20.4. The van der Waals surface area contributed by atoms with Gasteiger partial charge in [-0.1, -0.05) is 59.6 Å². The summed E-state index contributed by atoms with van der Waals surface area (Å²) < 4.78 is 7.32. The van der Waals surface area contributed by atoms with Crippen LogP contribution in [0.1, 0.15) is 24.9 Å². The lowest BCUT2D eigenvalue weighted by molar-refractivity contribution is 0.0739. The number of carbonyl (C=O) groups excluding carboxylic acids is 2. The van der Waals surface area contributed by atoms with Crippen molar-refractivity contribution < 1.29 is 14.3 Å². The van der Waals surface area contributed by atoms with E-state index in [0.717, 1.165) is 20.2 Å².